The fraction of sp³-hybridized carbons (Fsp3) is 0.273. The SMILES string of the molecule is CC1(C)CC(c2cccc(-c3ccc4c5ccccc5c5ccccc5c4c3)c2)CC1(C)C. The first-order chi connectivity index (χ1) is 15.8. The highest BCUT2D eigenvalue weighted by molar-refractivity contribution is 6.25. The van der Waals surface area contributed by atoms with Crippen molar-refractivity contribution < 1.29 is 0 Å². The van der Waals surface area contributed by atoms with Crippen LogP contribution in [0.4, 0.5) is 0 Å². The van der Waals surface area contributed by atoms with Gasteiger partial charge in [-0.2, -0.15) is 0 Å². The Morgan fingerprint density at radius 3 is 1.55 bits per heavy atom. The molecule has 1 saturated carbocycles. The van der Waals surface area contributed by atoms with E-state index in [0.717, 1.165) is 0 Å². The molecule has 1 aliphatic rings. The minimum absolute atomic E-state index is 0.372. The third-order valence-corrected chi connectivity index (χ3v) is 8.78. The Kier molecular flexibility index (Phi) is 4.46. The summed E-state index contributed by atoms with van der Waals surface area (Å²) in [5, 5.41) is 8.02. The molecule has 0 saturated heterocycles. The number of benzene rings is 5. The maximum atomic E-state index is 2.45. The fourth-order valence-corrected chi connectivity index (χ4v) is 6.15. The van der Waals surface area contributed by atoms with E-state index in [4.69, 9.17) is 0 Å². The molecule has 0 nitrogen and oxygen atoms in total. The van der Waals surface area contributed by atoms with Gasteiger partial charge >= 0.3 is 0 Å². The van der Waals surface area contributed by atoms with Crippen molar-refractivity contribution >= 4 is 32.3 Å². The van der Waals surface area contributed by atoms with Gasteiger partial charge in [-0.25, -0.2) is 0 Å². The van der Waals surface area contributed by atoms with Gasteiger partial charge in [-0.15, -0.1) is 0 Å². The van der Waals surface area contributed by atoms with E-state index in [9.17, 15) is 0 Å². The molecule has 0 unspecified atom stereocenters. The molecule has 1 aliphatic carbocycles. The predicted molar refractivity (Wildman–Crippen MR) is 144 cm³/mol. The van der Waals surface area contributed by atoms with Crippen molar-refractivity contribution in [1.82, 2.24) is 0 Å². The molecule has 5 aromatic carbocycles. The quantitative estimate of drug-likeness (QED) is 0.245. The molecule has 0 heteroatoms. The minimum Gasteiger partial charge on any atom is -0.0616 e. The number of hydrogen-bond acceptors (Lipinski definition) is 0. The molecule has 0 aliphatic heterocycles. The van der Waals surface area contributed by atoms with Crippen molar-refractivity contribution in [2.75, 3.05) is 0 Å². The second-order valence-corrected chi connectivity index (χ2v) is 11.3. The molecule has 0 spiro atoms. The Bertz CT molecular complexity index is 1460. The molecule has 0 bridgehead atoms. The van der Waals surface area contributed by atoms with E-state index in [1.54, 1.807) is 0 Å². The van der Waals surface area contributed by atoms with Crippen LogP contribution >= 0.6 is 0 Å². The van der Waals surface area contributed by atoms with Crippen molar-refractivity contribution in [3.8, 4) is 11.1 Å². The summed E-state index contributed by atoms with van der Waals surface area (Å²) in [7, 11) is 0. The van der Waals surface area contributed by atoms with Crippen molar-refractivity contribution in [1.29, 1.82) is 0 Å². The van der Waals surface area contributed by atoms with E-state index < -0.39 is 0 Å². The number of fused-ring (bicyclic) bond motifs is 6. The van der Waals surface area contributed by atoms with Crippen molar-refractivity contribution in [3.63, 3.8) is 0 Å². The molecule has 33 heavy (non-hydrogen) atoms. The lowest BCUT2D eigenvalue weighted by Crippen LogP contribution is -2.25. The third kappa shape index (κ3) is 3.19. The Morgan fingerprint density at radius 1 is 0.485 bits per heavy atom. The summed E-state index contributed by atoms with van der Waals surface area (Å²) >= 11 is 0. The normalized spacial score (nSPS) is 17.8. The van der Waals surface area contributed by atoms with Crippen LogP contribution in [0.1, 0.15) is 52.0 Å². The zero-order chi connectivity index (χ0) is 22.8. The van der Waals surface area contributed by atoms with Gasteiger partial charge in [0.1, 0.15) is 0 Å². The lowest BCUT2D eigenvalue weighted by atomic mass is 9.71. The van der Waals surface area contributed by atoms with Gasteiger partial charge in [0.05, 0.1) is 0 Å². The maximum absolute atomic E-state index is 2.45. The van der Waals surface area contributed by atoms with Crippen LogP contribution in [0.5, 0.6) is 0 Å². The second kappa shape index (κ2) is 7.19. The molecule has 164 valence electrons. The average Bonchev–Trinajstić information content (AvgIpc) is 3.06. The largest absolute Gasteiger partial charge is 0.0616 e. The molecule has 0 aromatic heterocycles. The molecular formula is C33H32. The van der Waals surface area contributed by atoms with Gasteiger partial charge in [-0.3, -0.25) is 0 Å². The molecule has 0 amide bonds. The second-order valence-electron chi connectivity index (χ2n) is 11.3. The van der Waals surface area contributed by atoms with Crippen LogP contribution in [0.25, 0.3) is 43.4 Å². The highest BCUT2D eigenvalue weighted by Crippen LogP contribution is 2.57. The van der Waals surface area contributed by atoms with Crippen LogP contribution < -0.4 is 0 Å². The van der Waals surface area contributed by atoms with Crippen LogP contribution in [0, 0.1) is 10.8 Å². The molecular weight excluding hydrogens is 396 g/mol. The van der Waals surface area contributed by atoms with Crippen LogP contribution in [-0.4, -0.2) is 0 Å². The zero-order valence-electron chi connectivity index (χ0n) is 20.2. The average molecular weight is 429 g/mol. The van der Waals surface area contributed by atoms with Gasteiger partial charge in [0.25, 0.3) is 0 Å². The van der Waals surface area contributed by atoms with Crippen LogP contribution in [0.15, 0.2) is 91.0 Å². The van der Waals surface area contributed by atoms with Gasteiger partial charge in [-0.1, -0.05) is 113 Å². The summed E-state index contributed by atoms with van der Waals surface area (Å²) in [5.41, 5.74) is 4.87. The standard InChI is InChI=1S/C33H32/c1-32(2)20-25(21-33(32,3)4)23-11-9-10-22(18-23)24-16-17-30-28-14-6-5-12-26(28)27-13-7-8-15-29(27)31(30)19-24/h5-19,25H,20-21H2,1-4H3. The monoisotopic (exact) mass is 428 g/mol. The topological polar surface area (TPSA) is 0 Å². The lowest BCUT2D eigenvalue weighted by Gasteiger charge is -2.34. The summed E-state index contributed by atoms with van der Waals surface area (Å²) in [6, 6.07) is 34.0. The molecule has 0 heterocycles. The van der Waals surface area contributed by atoms with E-state index >= 15 is 0 Å². The fourth-order valence-electron chi connectivity index (χ4n) is 6.15. The van der Waals surface area contributed by atoms with Crippen molar-refractivity contribution in [2.45, 2.75) is 46.5 Å². The van der Waals surface area contributed by atoms with Crippen molar-refractivity contribution in [3.05, 3.63) is 96.6 Å². The molecule has 1 fully saturated rings. The van der Waals surface area contributed by atoms with Gasteiger partial charge in [-0.05, 0) is 84.7 Å². The Balaban J connectivity index is 1.50. The van der Waals surface area contributed by atoms with Crippen LogP contribution in [-0.2, 0) is 0 Å². The highest BCUT2D eigenvalue weighted by atomic mass is 14.5. The highest BCUT2D eigenvalue weighted by Gasteiger charge is 2.46. The van der Waals surface area contributed by atoms with E-state index in [-0.39, 0.29) is 0 Å². The number of hydrogen-bond donors (Lipinski definition) is 0. The van der Waals surface area contributed by atoms with Crippen LogP contribution in [0.2, 0.25) is 0 Å². The molecule has 6 rings (SSSR count). The summed E-state index contributed by atoms with van der Waals surface area (Å²) in [4.78, 5) is 0. The third-order valence-electron chi connectivity index (χ3n) is 8.78. The van der Waals surface area contributed by atoms with Gasteiger partial charge in [0, 0.05) is 0 Å². The zero-order valence-corrected chi connectivity index (χ0v) is 20.2. The first-order valence-electron chi connectivity index (χ1n) is 12.3. The summed E-state index contributed by atoms with van der Waals surface area (Å²) in [6.07, 6.45) is 2.52. The van der Waals surface area contributed by atoms with Gasteiger partial charge in [0.2, 0.25) is 0 Å². The Hall–Kier alpha value is -3.12. The summed E-state index contributed by atoms with van der Waals surface area (Å²) < 4.78 is 0. The minimum atomic E-state index is 0.372. The predicted octanol–water partition coefficient (Wildman–Crippen LogP) is 9.74. The number of rotatable bonds is 2. The Morgan fingerprint density at radius 2 is 0.970 bits per heavy atom. The Labute approximate surface area is 197 Å². The summed E-state index contributed by atoms with van der Waals surface area (Å²) in [5.74, 6) is 0.639. The first-order valence-corrected chi connectivity index (χ1v) is 12.3. The van der Waals surface area contributed by atoms with E-state index in [2.05, 4.69) is 119 Å². The first kappa shape index (κ1) is 20.5. The van der Waals surface area contributed by atoms with Gasteiger partial charge in [0.15, 0.2) is 0 Å². The molecule has 0 atom stereocenters. The van der Waals surface area contributed by atoms with Crippen LogP contribution in [0.3, 0.4) is 0 Å². The summed E-state index contributed by atoms with van der Waals surface area (Å²) in [6.45, 7) is 9.76. The van der Waals surface area contributed by atoms with Gasteiger partial charge < -0.3 is 0 Å². The molecule has 5 aromatic rings. The van der Waals surface area contributed by atoms with E-state index in [1.807, 2.05) is 0 Å². The molecule has 0 radical (unpaired) electrons. The van der Waals surface area contributed by atoms with Crippen molar-refractivity contribution in [2.24, 2.45) is 10.8 Å². The lowest BCUT2D eigenvalue weighted by molar-refractivity contribution is 0.157. The molecule has 0 N–H and O–H groups in total. The van der Waals surface area contributed by atoms with E-state index in [1.165, 1.54) is 61.8 Å². The smallest absolute Gasteiger partial charge is 0.00928 e. The maximum Gasteiger partial charge on any atom is -0.00928 e. The van der Waals surface area contributed by atoms with E-state index in [0.29, 0.717) is 16.7 Å².